The zero-order valence-corrected chi connectivity index (χ0v) is 11.1. The van der Waals surface area contributed by atoms with Crippen LogP contribution >= 0.6 is 0 Å². The summed E-state index contributed by atoms with van der Waals surface area (Å²) >= 11 is 0. The highest BCUT2D eigenvalue weighted by atomic mass is 15.3. The Hall–Kier alpha value is -1.98. The van der Waals surface area contributed by atoms with Crippen molar-refractivity contribution < 1.29 is 0 Å². The molecule has 2 aromatic rings. The monoisotopic (exact) mass is 257 g/mol. The van der Waals surface area contributed by atoms with Crippen molar-refractivity contribution in [2.45, 2.75) is 20.0 Å². The fourth-order valence-corrected chi connectivity index (χ4v) is 1.88. The summed E-state index contributed by atoms with van der Waals surface area (Å²) in [4.78, 5) is 11.1. The number of hydrogen-bond acceptors (Lipinski definition) is 5. The molecular formula is C14H19N5. The lowest BCUT2D eigenvalue weighted by molar-refractivity contribution is 0.265. The zero-order chi connectivity index (χ0) is 13.5. The van der Waals surface area contributed by atoms with E-state index in [-0.39, 0.29) is 0 Å². The molecule has 5 heteroatoms. The molecule has 0 fully saturated rings. The van der Waals surface area contributed by atoms with Gasteiger partial charge < -0.3 is 5.43 Å². The molecule has 5 nitrogen and oxygen atoms in total. The normalized spacial score (nSPS) is 10.7. The molecule has 2 rings (SSSR count). The molecule has 0 spiro atoms. The maximum Gasteiger partial charge on any atom is 0.140 e. The van der Waals surface area contributed by atoms with Gasteiger partial charge in [-0.3, -0.25) is 9.88 Å². The summed E-state index contributed by atoms with van der Waals surface area (Å²) in [6, 6.07) is 11.8. The van der Waals surface area contributed by atoms with Gasteiger partial charge in [0.2, 0.25) is 0 Å². The lowest BCUT2D eigenvalue weighted by atomic mass is 10.3. The van der Waals surface area contributed by atoms with Gasteiger partial charge in [0, 0.05) is 19.3 Å². The second-order valence-corrected chi connectivity index (χ2v) is 4.28. The first-order chi connectivity index (χ1) is 9.31. The van der Waals surface area contributed by atoms with Crippen LogP contribution in [-0.2, 0) is 13.1 Å². The van der Waals surface area contributed by atoms with Crippen LogP contribution in [0.15, 0.2) is 42.6 Å². The number of nitrogens with two attached hydrogens (primary N) is 1. The van der Waals surface area contributed by atoms with E-state index in [0.717, 1.165) is 31.0 Å². The number of pyridine rings is 2. The Morgan fingerprint density at radius 3 is 2.58 bits per heavy atom. The molecule has 2 aromatic heterocycles. The van der Waals surface area contributed by atoms with E-state index in [0.29, 0.717) is 5.82 Å². The van der Waals surface area contributed by atoms with Gasteiger partial charge >= 0.3 is 0 Å². The molecule has 0 aliphatic rings. The number of nitrogens with zero attached hydrogens (tertiary/aromatic N) is 3. The van der Waals surface area contributed by atoms with Gasteiger partial charge in [0.1, 0.15) is 5.82 Å². The van der Waals surface area contributed by atoms with Crippen molar-refractivity contribution in [1.29, 1.82) is 0 Å². The minimum Gasteiger partial charge on any atom is -0.308 e. The molecule has 0 aliphatic carbocycles. The molecule has 0 unspecified atom stereocenters. The Bertz CT molecular complexity index is 500. The standard InChI is InChI=1S/C14H19N5/c1-2-19(10-12-6-3-4-9-16-12)11-13-7-5-8-14(17-13)18-15/h3-9H,2,10-11,15H2,1H3,(H,17,18). The van der Waals surface area contributed by atoms with E-state index in [4.69, 9.17) is 5.84 Å². The highest BCUT2D eigenvalue weighted by molar-refractivity contribution is 5.33. The van der Waals surface area contributed by atoms with Gasteiger partial charge in [-0.2, -0.15) is 0 Å². The molecule has 3 N–H and O–H groups in total. The molecule has 0 atom stereocenters. The molecule has 2 heterocycles. The van der Waals surface area contributed by atoms with Crippen LogP contribution in [0.5, 0.6) is 0 Å². The minimum absolute atomic E-state index is 0.686. The lowest BCUT2D eigenvalue weighted by Gasteiger charge is -2.19. The molecule has 0 saturated heterocycles. The van der Waals surface area contributed by atoms with E-state index in [9.17, 15) is 0 Å². The van der Waals surface area contributed by atoms with Gasteiger partial charge in [-0.05, 0) is 30.8 Å². The van der Waals surface area contributed by atoms with E-state index in [1.807, 2.05) is 42.6 Å². The third-order valence-electron chi connectivity index (χ3n) is 2.90. The van der Waals surface area contributed by atoms with E-state index in [1.165, 1.54) is 0 Å². The third kappa shape index (κ3) is 4.01. The van der Waals surface area contributed by atoms with Crippen LogP contribution in [0.25, 0.3) is 0 Å². The van der Waals surface area contributed by atoms with Crippen LogP contribution in [0.3, 0.4) is 0 Å². The molecule has 0 amide bonds. The van der Waals surface area contributed by atoms with Gasteiger partial charge in [0.15, 0.2) is 0 Å². The van der Waals surface area contributed by atoms with Crippen LogP contribution in [0.2, 0.25) is 0 Å². The maximum absolute atomic E-state index is 5.37. The van der Waals surface area contributed by atoms with E-state index >= 15 is 0 Å². The van der Waals surface area contributed by atoms with Crippen LogP contribution in [-0.4, -0.2) is 21.4 Å². The van der Waals surface area contributed by atoms with Crippen molar-refractivity contribution in [1.82, 2.24) is 14.9 Å². The first kappa shape index (κ1) is 13.5. The van der Waals surface area contributed by atoms with Crippen molar-refractivity contribution in [3.8, 4) is 0 Å². The molecular weight excluding hydrogens is 238 g/mol. The van der Waals surface area contributed by atoms with Gasteiger partial charge in [0.05, 0.1) is 11.4 Å². The minimum atomic E-state index is 0.686. The number of aromatic nitrogens is 2. The number of hydrazine groups is 1. The summed E-state index contributed by atoms with van der Waals surface area (Å²) < 4.78 is 0. The topological polar surface area (TPSA) is 67.1 Å². The Balaban J connectivity index is 2.02. The Kier molecular flexibility index (Phi) is 4.83. The van der Waals surface area contributed by atoms with Crippen molar-refractivity contribution in [3.05, 3.63) is 54.0 Å². The van der Waals surface area contributed by atoms with Crippen LogP contribution in [0.1, 0.15) is 18.3 Å². The molecule has 0 saturated carbocycles. The number of anilines is 1. The summed E-state index contributed by atoms with van der Waals surface area (Å²) in [5, 5.41) is 0. The van der Waals surface area contributed by atoms with E-state index < -0.39 is 0 Å². The predicted molar refractivity (Wildman–Crippen MR) is 76.1 cm³/mol. The van der Waals surface area contributed by atoms with Gasteiger partial charge in [0.25, 0.3) is 0 Å². The van der Waals surface area contributed by atoms with Crippen LogP contribution in [0, 0.1) is 0 Å². The maximum atomic E-state index is 5.37. The van der Waals surface area contributed by atoms with Crippen molar-refractivity contribution in [2.24, 2.45) is 5.84 Å². The third-order valence-corrected chi connectivity index (χ3v) is 2.90. The highest BCUT2D eigenvalue weighted by Gasteiger charge is 2.07. The first-order valence-electron chi connectivity index (χ1n) is 6.36. The molecule has 19 heavy (non-hydrogen) atoms. The van der Waals surface area contributed by atoms with Crippen LogP contribution in [0.4, 0.5) is 5.82 Å². The summed E-state index contributed by atoms with van der Waals surface area (Å²) in [5.41, 5.74) is 4.63. The largest absolute Gasteiger partial charge is 0.308 e. The Labute approximate surface area is 113 Å². The second kappa shape index (κ2) is 6.82. The van der Waals surface area contributed by atoms with E-state index in [1.54, 1.807) is 0 Å². The number of nitrogen functional groups attached to an aromatic ring is 1. The number of nitrogens with one attached hydrogen (secondary N) is 1. The smallest absolute Gasteiger partial charge is 0.140 e. The fraction of sp³-hybridized carbons (Fsp3) is 0.286. The lowest BCUT2D eigenvalue weighted by Crippen LogP contribution is -2.23. The van der Waals surface area contributed by atoms with Gasteiger partial charge in [-0.15, -0.1) is 0 Å². The molecule has 0 aliphatic heterocycles. The molecule has 0 radical (unpaired) electrons. The molecule has 100 valence electrons. The van der Waals surface area contributed by atoms with E-state index in [2.05, 4.69) is 27.2 Å². The molecule has 0 bridgehead atoms. The van der Waals surface area contributed by atoms with Gasteiger partial charge in [-0.1, -0.05) is 19.1 Å². The SMILES string of the molecule is CCN(Cc1ccccn1)Cc1cccc(NN)n1. The fourth-order valence-electron chi connectivity index (χ4n) is 1.88. The Morgan fingerprint density at radius 2 is 1.89 bits per heavy atom. The highest BCUT2D eigenvalue weighted by Crippen LogP contribution is 2.09. The summed E-state index contributed by atoms with van der Waals surface area (Å²) in [6.45, 7) is 4.68. The predicted octanol–water partition coefficient (Wildman–Crippen LogP) is 1.78. The van der Waals surface area contributed by atoms with Crippen molar-refractivity contribution in [2.75, 3.05) is 12.0 Å². The average Bonchev–Trinajstić information content (AvgIpc) is 2.48. The summed E-state index contributed by atoms with van der Waals surface area (Å²) in [7, 11) is 0. The summed E-state index contributed by atoms with van der Waals surface area (Å²) in [5.74, 6) is 6.06. The summed E-state index contributed by atoms with van der Waals surface area (Å²) in [6.07, 6.45) is 1.82. The van der Waals surface area contributed by atoms with Crippen molar-refractivity contribution >= 4 is 5.82 Å². The average molecular weight is 257 g/mol. The zero-order valence-electron chi connectivity index (χ0n) is 11.1. The Morgan fingerprint density at radius 1 is 1.11 bits per heavy atom. The van der Waals surface area contributed by atoms with Crippen LogP contribution < -0.4 is 11.3 Å². The number of rotatable bonds is 6. The van der Waals surface area contributed by atoms with Gasteiger partial charge in [-0.25, -0.2) is 10.8 Å². The number of hydrogen-bond donors (Lipinski definition) is 2. The quantitative estimate of drug-likeness (QED) is 0.610. The van der Waals surface area contributed by atoms with Crippen molar-refractivity contribution in [3.63, 3.8) is 0 Å². The molecule has 0 aromatic carbocycles. The second-order valence-electron chi connectivity index (χ2n) is 4.28. The first-order valence-corrected chi connectivity index (χ1v) is 6.36.